The smallest absolute Gasteiger partial charge is 0.344 e. The summed E-state index contributed by atoms with van der Waals surface area (Å²) in [4.78, 5) is 22.6. The third kappa shape index (κ3) is 1.99. The van der Waals surface area contributed by atoms with E-state index in [0.717, 1.165) is 10.8 Å². The summed E-state index contributed by atoms with van der Waals surface area (Å²) in [7, 11) is 0. The Morgan fingerprint density at radius 2 is 1.90 bits per heavy atom. The average molecular weight is 269 g/mol. The zero-order valence-electron chi connectivity index (χ0n) is 10.4. The molecule has 0 amide bonds. The molecule has 0 spiro atoms. The first-order valence-corrected chi connectivity index (χ1v) is 6.05. The summed E-state index contributed by atoms with van der Waals surface area (Å²) >= 11 is 0. The molecule has 2 aromatic rings. The maximum atomic E-state index is 11.5. The number of carbonyl (C=O) groups is 2. The van der Waals surface area contributed by atoms with Crippen molar-refractivity contribution in [3.63, 3.8) is 0 Å². The highest BCUT2D eigenvalue weighted by atomic mass is 16.5. The number of ether oxygens (including phenoxy) is 1. The van der Waals surface area contributed by atoms with Gasteiger partial charge in [0.05, 0.1) is 0 Å². The highest BCUT2D eigenvalue weighted by molar-refractivity contribution is 6.19. The van der Waals surface area contributed by atoms with Gasteiger partial charge in [0, 0.05) is 11.1 Å². The third-order valence-corrected chi connectivity index (χ3v) is 3.11. The summed E-state index contributed by atoms with van der Waals surface area (Å²) in [5.74, 6) is -1.81. The largest absolute Gasteiger partial charge is 0.477 e. The van der Waals surface area contributed by atoms with Gasteiger partial charge in [0.2, 0.25) is 11.7 Å². The number of benzene rings is 2. The van der Waals surface area contributed by atoms with Crippen LogP contribution in [0.3, 0.4) is 0 Å². The molecular weight excluding hydrogens is 258 g/mol. The van der Waals surface area contributed by atoms with Crippen molar-refractivity contribution in [1.82, 2.24) is 0 Å². The maximum Gasteiger partial charge on any atom is 0.344 e. The number of Topliss-reactive ketones (excluding diaryl/α,β-unsaturated/α-hetero) is 1. The maximum absolute atomic E-state index is 11.5. The fraction of sp³-hybridized carbons (Fsp3) is 0.0667. The van der Waals surface area contributed by atoms with Crippen molar-refractivity contribution < 1.29 is 19.4 Å². The van der Waals surface area contributed by atoms with Crippen molar-refractivity contribution >= 4 is 28.2 Å². The average Bonchev–Trinajstić information content (AvgIpc) is 2.80. The summed E-state index contributed by atoms with van der Waals surface area (Å²) in [6.07, 6.45) is 0. The molecule has 0 radical (unpaired) electrons. The standard InChI is InChI=1S/C15H11NO4/c17-12-8-20-14(13(12)15(18)19)16-11-7-3-5-9-4-1-2-6-10(9)11/h1-7,16H,8H2,(H,18,19). The molecule has 1 aliphatic rings. The lowest BCUT2D eigenvalue weighted by Gasteiger charge is -2.10. The molecule has 2 N–H and O–H groups in total. The van der Waals surface area contributed by atoms with Gasteiger partial charge in [0.25, 0.3) is 0 Å². The van der Waals surface area contributed by atoms with Crippen LogP contribution in [0.2, 0.25) is 0 Å². The molecule has 3 rings (SSSR count). The minimum Gasteiger partial charge on any atom is -0.477 e. The van der Waals surface area contributed by atoms with Crippen LogP contribution in [0.25, 0.3) is 10.8 Å². The van der Waals surface area contributed by atoms with E-state index in [2.05, 4.69) is 5.32 Å². The normalized spacial score (nSPS) is 14.5. The van der Waals surface area contributed by atoms with Crippen LogP contribution in [0.15, 0.2) is 53.9 Å². The van der Waals surface area contributed by atoms with Crippen molar-refractivity contribution in [3.8, 4) is 0 Å². The Labute approximate surface area is 114 Å². The first-order chi connectivity index (χ1) is 9.66. The molecule has 1 heterocycles. The fourth-order valence-corrected chi connectivity index (χ4v) is 2.18. The third-order valence-electron chi connectivity index (χ3n) is 3.11. The number of ketones is 1. The van der Waals surface area contributed by atoms with E-state index in [1.807, 2.05) is 36.4 Å². The highest BCUT2D eigenvalue weighted by Gasteiger charge is 2.31. The lowest BCUT2D eigenvalue weighted by molar-refractivity contribution is -0.134. The minimum atomic E-state index is -1.28. The van der Waals surface area contributed by atoms with E-state index in [1.165, 1.54) is 0 Å². The number of fused-ring (bicyclic) bond motifs is 1. The lowest BCUT2D eigenvalue weighted by Crippen LogP contribution is -2.12. The highest BCUT2D eigenvalue weighted by Crippen LogP contribution is 2.26. The number of hydrogen-bond donors (Lipinski definition) is 2. The first-order valence-electron chi connectivity index (χ1n) is 6.05. The Hall–Kier alpha value is -2.82. The first kappa shape index (κ1) is 12.2. The molecule has 20 heavy (non-hydrogen) atoms. The molecule has 5 nitrogen and oxygen atoms in total. The van der Waals surface area contributed by atoms with E-state index in [4.69, 9.17) is 9.84 Å². The fourth-order valence-electron chi connectivity index (χ4n) is 2.18. The molecule has 0 saturated heterocycles. The molecule has 5 heteroatoms. The number of aliphatic carboxylic acids is 1. The molecule has 0 unspecified atom stereocenters. The number of rotatable bonds is 3. The summed E-state index contributed by atoms with van der Waals surface area (Å²) < 4.78 is 5.13. The van der Waals surface area contributed by atoms with Gasteiger partial charge in [-0.15, -0.1) is 0 Å². The Morgan fingerprint density at radius 3 is 2.70 bits per heavy atom. The Bertz CT molecular complexity index is 743. The van der Waals surface area contributed by atoms with Crippen LogP contribution in [-0.4, -0.2) is 23.5 Å². The van der Waals surface area contributed by atoms with E-state index < -0.39 is 11.8 Å². The van der Waals surface area contributed by atoms with E-state index in [-0.39, 0.29) is 18.1 Å². The topological polar surface area (TPSA) is 75.6 Å². The molecule has 0 fully saturated rings. The number of carboxylic acid groups (broad SMARTS) is 1. The predicted molar refractivity (Wildman–Crippen MR) is 73.2 cm³/mol. The van der Waals surface area contributed by atoms with E-state index >= 15 is 0 Å². The van der Waals surface area contributed by atoms with Crippen LogP contribution >= 0.6 is 0 Å². The second kappa shape index (κ2) is 4.70. The van der Waals surface area contributed by atoms with Gasteiger partial charge in [-0.05, 0) is 11.5 Å². The summed E-state index contributed by atoms with van der Waals surface area (Å²) in [6.45, 7) is -0.241. The molecule has 0 atom stereocenters. The zero-order valence-corrected chi connectivity index (χ0v) is 10.4. The summed E-state index contributed by atoms with van der Waals surface area (Å²) in [6, 6.07) is 13.3. The molecule has 0 aliphatic carbocycles. The van der Waals surface area contributed by atoms with Crippen molar-refractivity contribution in [2.45, 2.75) is 0 Å². The van der Waals surface area contributed by atoms with Crippen molar-refractivity contribution in [3.05, 3.63) is 53.9 Å². The molecule has 0 aromatic heterocycles. The lowest BCUT2D eigenvalue weighted by atomic mass is 10.1. The van der Waals surface area contributed by atoms with Crippen molar-refractivity contribution in [2.24, 2.45) is 0 Å². The molecule has 0 saturated carbocycles. The molecule has 2 aromatic carbocycles. The van der Waals surface area contributed by atoms with E-state index in [0.29, 0.717) is 5.69 Å². The van der Waals surface area contributed by atoms with E-state index in [1.54, 1.807) is 6.07 Å². The Morgan fingerprint density at radius 1 is 1.15 bits per heavy atom. The van der Waals surface area contributed by atoms with Crippen molar-refractivity contribution in [2.75, 3.05) is 11.9 Å². The number of nitrogens with one attached hydrogen (secondary N) is 1. The number of carbonyl (C=O) groups excluding carboxylic acids is 1. The van der Waals surface area contributed by atoms with Crippen LogP contribution in [0, 0.1) is 0 Å². The molecule has 100 valence electrons. The van der Waals surface area contributed by atoms with Crippen molar-refractivity contribution in [1.29, 1.82) is 0 Å². The van der Waals surface area contributed by atoms with Crippen LogP contribution in [-0.2, 0) is 14.3 Å². The monoisotopic (exact) mass is 269 g/mol. The Kier molecular flexibility index (Phi) is 2.87. The van der Waals surface area contributed by atoms with Crippen LogP contribution in [0.1, 0.15) is 0 Å². The predicted octanol–water partition coefficient (Wildman–Crippen LogP) is 2.15. The van der Waals surface area contributed by atoms with Gasteiger partial charge in [-0.25, -0.2) is 4.79 Å². The minimum absolute atomic E-state index is 0.00106. The second-order valence-electron chi connectivity index (χ2n) is 4.37. The van der Waals surface area contributed by atoms with Gasteiger partial charge in [0.1, 0.15) is 0 Å². The van der Waals surface area contributed by atoms with E-state index in [9.17, 15) is 9.59 Å². The molecule has 0 bridgehead atoms. The SMILES string of the molecule is O=C(O)C1=C(Nc2cccc3ccccc23)OCC1=O. The molecular formula is C15H11NO4. The number of carboxylic acids is 1. The van der Waals surface area contributed by atoms with Gasteiger partial charge in [-0.2, -0.15) is 0 Å². The van der Waals surface area contributed by atoms with Gasteiger partial charge in [0.15, 0.2) is 12.2 Å². The van der Waals surface area contributed by atoms with Crippen LogP contribution in [0.4, 0.5) is 5.69 Å². The van der Waals surface area contributed by atoms with Gasteiger partial charge in [-0.1, -0.05) is 36.4 Å². The molecule has 1 aliphatic heterocycles. The quantitative estimate of drug-likeness (QED) is 0.835. The van der Waals surface area contributed by atoms with Crippen LogP contribution < -0.4 is 5.32 Å². The van der Waals surface area contributed by atoms with Gasteiger partial charge >= 0.3 is 5.97 Å². The van der Waals surface area contributed by atoms with Gasteiger partial charge in [-0.3, -0.25) is 4.79 Å². The zero-order chi connectivity index (χ0) is 14.1. The van der Waals surface area contributed by atoms with Crippen LogP contribution in [0.5, 0.6) is 0 Å². The number of anilines is 1. The number of hydrogen-bond acceptors (Lipinski definition) is 4. The summed E-state index contributed by atoms with van der Waals surface area (Å²) in [5, 5.41) is 13.9. The summed E-state index contributed by atoms with van der Waals surface area (Å²) in [5.41, 5.74) is 0.365. The van der Waals surface area contributed by atoms with Gasteiger partial charge < -0.3 is 15.2 Å². The Balaban J connectivity index is 2.06. The second-order valence-corrected chi connectivity index (χ2v) is 4.37.